The van der Waals surface area contributed by atoms with Crippen molar-refractivity contribution in [2.75, 3.05) is 6.61 Å². The van der Waals surface area contributed by atoms with Gasteiger partial charge in [0.05, 0.1) is 22.6 Å². The minimum Gasteiger partial charge on any atom is -0.462 e. The first-order chi connectivity index (χ1) is 15.0. The summed E-state index contributed by atoms with van der Waals surface area (Å²) >= 11 is 0. The zero-order valence-electron chi connectivity index (χ0n) is 16.6. The van der Waals surface area contributed by atoms with Gasteiger partial charge in [-0.25, -0.2) is 4.79 Å². The van der Waals surface area contributed by atoms with E-state index in [2.05, 4.69) is 0 Å². The highest BCUT2D eigenvalue weighted by atomic mass is 16.6. The van der Waals surface area contributed by atoms with E-state index in [0.29, 0.717) is 27.9 Å². The van der Waals surface area contributed by atoms with Crippen LogP contribution < -0.4 is 0 Å². The molecule has 0 bridgehead atoms. The summed E-state index contributed by atoms with van der Waals surface area (Å²) in [7, 11) is 0. The molecule has 2 heterocycles. The van der Waals surface area contributed by atoms with Gasteiger partial charge in [0.2, 0.25) is 5.78 Å². The van der Waals surface area contributed by atoms with Gasteiger partial charge in [0.25, 0.3) is 5.69 Å². The maximum absolute atomic E-state index is 13.5. The second-order valence-electron chi connectivity index (χ2n) is 6.77. The van der Waals surface area contributed by atoms with Crippen molar-refractivity contribution < 1.29 is 19.2 Å². The predicted molar refractivity (Wildman–Crippen MR) is 115 cm³/mol. The number of nitro groups is 1. The Morgan fingerprint density at radius 1 is 0.968 bits per heavy atom. The van der Waals surface area contributed by atoms with Crippen molar-refractivity contribution in [2.24, 2.45) is 0 Å². The molecule has 0 radical (unpaired) electrons. The number of ether oxygens (including phenoxy) is 1. The average molecular weight is 414 g/mol. The molecule has 154 valence electrons. The zero-order chi connectivity index (χ0) is 22.0. The standard InChI is InChI=1S/C24H18N2O5/c1-2-31-24(28)21-19-10-6-7-15-25(19)22(23(27)17-8-4-3-5-9-17)20(21)16-11-13-18(14-12-16)26(29)30/h3-15H,2H2,1H3. The van der Waals surface area contributed by atoms with Crippen molar-refractivity contribution in [3.05, 3.63) is 106 Å². The molecule has 0 saturated heterocycles. The number of carbonyl (C=O) groups is 2. The van der Waals surface area contributed by atoms with Gasteiger partial charge in [0.1, 0.15) is 5.69 Å². The number of fused-ring (bicyclic) bond motifs is 1. The Bertz CT molecular complexity index is 1290. The van der Waals surface area contributed by atoms with Crippen LogP contribution in [0.5, 0.6) is 0 Å². The van der Waals surface area contributed by atoms with Crippen molar-refractivity contribution in [1.82, 2.24) is 4.40 Å². The highest BCUT2D eigenvalue weighted by Gasteiger charge is 2.29. The molecular formula is C24H18N2O5. The number of non-ortho nitro benzene ring substituents is 1. The van der Waals surface area contributed by atoms with Gasteiger partial charge in [0, 0.05) is 29.5 Å². The molecule has 0 spiro atoms. The lowest BCUT2D eigenvalue weighted by atomic mass is 9.96. The molecular weight excluding hydrogens is 396 g/mol. The molecule has 0 N–H and O–H groups in total. The number of aromatic nitrogens is 1. The van der Waals surface area contributed by atoms with Gasteiger partial charge >= 0.3 is 5.97 Å². The van der Waals surface area contributed by atoms with Crippen LogP contribution in [0.4, 0.5) is 5.69 Å². The van der Waals surface area contributed by atoms with Crippen LogP contribution in [0.1, 0.15) is 33.3 Å². The number of nitro benzene ring substituents is 1. The predicted octanol–water partition coefficient (Wildman–Crippen LogP) is 4.92. The smallest absolute Gasteiger partial charge is 0.340 e. The molecule has 7 nitrogen and oxygen atoms in total. The van der Waals surface area contributed by atoms with Gasteiger partial charge in [-0.05, 0) is 36.8 Å². The Hall–Kier alpha value is -4.26. The number of carbonyl (C=O) groups excluding carboxylic acids is 2. The van der Waals surface area contributed by atoms with E-state index < -0.39 is 10.9 Å². The van der Waals surface area contributed by atoms with Gasteiger partial charge in [-0.3, -0.25) is 14.9 Å². The van der Waals surface area contributed by atoms with Crippen molar-refractivity contribution in [3.63, 3.8) is 0 Å². The van der Waals surface area contributed by atoms with E-state index in [1.54, 1.807) is 60.0 Å². The summed E-state index contributed by atoms with van der Waals surface area (Å²) in [4.78, 5) is 37.1. The summed E-state index contributed by atoms with van der Waals surface area (Å²) in [5.41, 5.74) is 2.33. The Balaban J connectivity index is 2.05. The molecule has 0 aliphatic carbocycles. The molecule has 0 fully saturated rings. The average Bonchev–Trinajstić information content (AvgIpc) is 3.14. The first-order valence-corrected chi connectivity index (χ1v) is 9.67. The summed E-state index contributed by atoms with van der Waals surface area (Å²) in [5, 5.41) is 11.1. The maximum Gasteiger partial charge on any atom is 0.340 e. The van der Waals surface area contributed by atoms with Gasteiger partial charge in [-0.15, -0.1) is 0 Å². The summed E-state index contributed by atoms with van der Waals surface area (Å²) in [6.45, 7) is 1.88. The topological polar surface area (TPSA) is 90.9 Å². The van der Waals surface area contributed by atoms with Crippen LogP contribution in [0.25, 0.3) is 16.6 Å². The van der Waals surface area contributed by atoms with Gasteiger partial charge < -0.3 is 9.14 Å². The first kappa shape index (κ1) is 20.0. The van der Waals surface area contributed by atoms with Crippen molar-refractivity contribution in [1.29, 1.82) is 0 Å². The number of hydrogen-bond acceptors (Lipinski definition) is 5. The summed E-state index contributed by atoms with van der Waals surface area (Å²) in [6.07, 6.45) is 1.71. The van der Waals surface area contributed by atoms with Crippen LogP contribution in [-0.4, -0.2) is 27.7 Å². The van der Waals surface area contributed by atoms with E-state index >= 15 is 0 Å². The Morgan fingerprint density at radius 2 is 1.65 bits per heavy atom. The van der Waals surface area contributed by atoms with Crippen LogP contribution >= 0.6 is 0 Å². The Labute approximate surface area is 177 Å². The van der Waals surface area contributed by atoms with E-state index in [-0.39, 0.29) is 23.6 Å². The molecule has 0 aliphatic rings. The number of nitrogens with zero attached hydrogens (tertiary/aromatic N) is 2. The normalized spacial score (nSPS) is 10.7. The molecule has 4 aromatic rings. The number of esters is 1. The lowest BCUT2D eigenvalue weighted by Gasteiger charge is -2.08. The Morgan fingerprint density at radius 3 is 2.29 bits per heavy atom. The molecule has 7 heteroatoms. The highest BCUT2D eigenvalue weighted by Crippen LogP contribution is 2.36. The van der Waals surface area contributed by atoms with Crippen molar-refractivity contribution >= 4 is 23.0 Å². The van der Waals surface area contributed by atoms with Crippen molar-refractivity contribution in [2.45, 2.75) is 6.92 Å². The maximum atomic E-state index is 13.5. The molecule has 4 rings (SSSR count). The third kappa shape index (κ3) is 3.57. The van der Waals surface area contributed by atoms with Crippen LogP contribution in [0.2, 0.25) is 0 Å². The highest BCUT2D eigenvalue weighted by molar-refractivity contribution is 6.18. The number of pyridine rings is 1. The molecule has 0 saturated carbocycles. The molecule has 0 atom stereocenters. The SMILES string of the molecule is CCOC(=O)c1c(-c2ccc([N+](=O)[O-])cc2)c(C(=O)c2ccccc2)n2ccccc12. The molecule has 2 aromatic carbocycles. The third-order valence-corrected chi connectivity index (χ3v) is 4.94. The van der Waals surface area contributed by atoms with E-state index in [0.717, 1.165) is 0 Å². The van der Waals surface area contributed by atoms with Crippen LogP contribution in [0, 0.1) is 10.1 Å². The van der Waals surface area contributed by atoms with E-state index in [1.165, 1.54) is 24.3 Å². The number of hydrogen-bond donors (Lipinski definition) is 0. The number of ketones is 1. The molecule has 0 amide bonds. The van der Waals surface area contributed by atoms with Gasteiger partial charge in [-0.1, -0.05) is 36.4 Å². The lowest BCUT2D eigenvalue weighted by molar-refractivity contribution is -0.384. The fourth-order valence-corrected chi connectivity index (χ4v) is 3.60. The van der Waals surface area contributed by atoms with Crippen LogP contribution in [0.15, 0.2) is 79.0 Å². The minimum absolute atomic E-state index is 0.0823. The monoisotopic (exact) mass is 414 g/mol. The zero-order valence-corrected chi connectivity index (χ0v) is 16.6. The lowest BCUT2D eigenvalue weighted by Crippen LogP contribution is -2.08. The van der Waals surface area contributed by atoms with E-state index in [9.17, 15) is 19.7 Å². The largest absolute Gasteiger partial charge is 0.462 e. The van der Waals surface area contributed by atoms with Crippen LogP contribution in [0.3, 0.4) is 0 Å². The Kier molecular flexibility index (Phi) is 5.32. The number of rotatable bonds is 6. The summed E-state index contributed by atoms with van der Waals surface area (Å²) < 4.78 is 6.95. The molecule has 31 heavy (non-hydrogen) atoms. The molecule has 0 aliphatic heterocycles. The molecule has 0 unspecified atom stereocenters. The van der Waals surface area contributed by atoms with Crippen molar-refractivity contribution in [3.8, 4) is 11.1 Å². The minimum atomic E-state index is -0.563. The second kappa shape index (κ2) is 8.23. The third-order valence-electron chi connectivity index (χ3n) is 4.94. The first-order valence-electron chi connectivity index (χ1n) is 9.67. The second-order valence-corrected chi connectivity index (χ2v) is 6.77. The fraction of sp³-hybridized carbons (Fsp3) is 0.0833. The van der Waals surface area contributed by atoms with Gasteiger partial charge in [0.15, 0.2) is 0 Å². The summed E-state index contributed by atoms with van der Waals surface area (Å²) in [6, 6.07) is 19.8. The van der Waals surface area contributed by atoms with E-state index in [4.69, 9.17) is 4.74 Å². The van der Waals surface area contributed by atoms with Gasteiger partial charge in [-0.2, -0.15) is 0 Å². The van der Waals surface area contributed by atoms with Crippen LogP contribution in [-0.2, 0) is 4.74 Å². The van der Waals surface area contributed by atoms with E-state index in [1.807, 2.05) is 6.07 Å². The summed E-state index contributed by atoms with van der Waals surface area (Å²) in [5.74, 6) is -0.836. The number of benzene rings is 2. The fourth-order valence-electron chi connectivity index (χ4n) is 3.60. The quantitative estimate of drug-likeness (QED) is 0.193. The molecule has 2 aromatic heterocycles.